The van der Waals surface area contributed by atoms with Gasteiger partial charge in [-0.1, -0.05) is 88.4 Å². The fraction of sp³-hybridized carbons (Fsp3) is 0.565. The van der Waals surface area contributed by atoms with E-state index in [1.54, 1.807) is 6.92 Å². The van der Waals surface area contributed by atoms with E-state index in [0.717, 1.165) is 11.1 Å². The summed E-state index contributed by atoms with van der Waals surface area (Å²) in [6.45, 7) is 11.1. The number of benzene rings is 2. The first-order valence-corrected chi connectivity index (χ1v) is 21.0. The third kappa shape index (κ3) is 15.5. The molecule has 4 amide bonds. The number of nitrogens with one attached hydrogen (secondary N) is 3. The van der Waals surface area contributed by atoms with Gasteiger partial charge < -0.3 is 30.2 Å². The Morgan fingerprint density at radius 1 is 0.817 bits per heavy atom. The van der Waals surface area contributed by atoms with Crippen LogP contribution < -0.4 is 16.0 Å². The molecule has 326 valence electrons. The molecule has 2 aromatic carbocycles. The highest BCUT2D eigenvalue weighted by Crippen LogP contribution is 2.30. The molecule has 2 heterocycles. The van der Waals surface area contributed by atoms with Crippen LogP contribution in [0.25, 0.3) is 0 Å². The number of carbonyl (C=O) groups is 6. The lowest BCUT2D eigenvalue weighted by molar-refractivity contribution is -0.159. The molecule has 0 aromatic heterocycles. The summed E-state index contributed by atoms with van der Waals surface area (Å²) >= 11 is 0. The molecule has 2 aromatic rings. The van der Waals surface area contributed by atoms with Crippen molar-refractivity contribution in [2.75, 3.05) is 46.2 Å². The number of carbonyl (C=O) groups excluding carboxylic acids is 6. The quantitative estimate of drug-likeness (QED) is 0.0617. The van der Waals surface area contributed by atoms with E-state index in [9.17, 15) is 28.8 Å². The number of hydrogen-bond donors (Lipinski definition) is 3. The number of epoxide rings is 1. The van der Waals surface area contributed by atoms with Crippen LogP contribution in [-0.4, -0.2) is 121 Å². The Kier molecular flexibility index (Phi) is 18.7. The van der Waals surface area contributed by atoms with Crippen molar-refractivity contribution in [3.63, 3.8) is 0 Å². The van der Waals surface area contributed by atoms with Crippen molar-refractivity contribution < 1.29 is 43.0 Å². The van der Waals surface area contributed by atoms with Gasteiger partial charge in [0.2, 0.25) is 23.6 Å². The van der Waals surface area contributed by atoms with Crippen molar-refractivity contribution in [2.24, 2.45) is 11.8 Å². The van der Waals surface area contributed by atoms with Crippen LogP contribution in [0.2, 0.25) is 0 Å². The first-order valence-electron chi connectivity index (χ1n) is 21.0. The monoisotopic (exact) mass is 829 g/mol. The Bertz CT molecular complexity index is 1770. The van der Waals surface area contributed by atoms with Gasteiger partial charge in [-0.2, -0.15) is 0 Å². The maximum absolute atomic E-state index is 14.6. The van der Waals surface area contributed by atoms with Crippen molar-refractivity contribution in [3.8, 4) is 12.3 Å². The lowest BCUT2D eigenvalue weighted by Gasteiger charge is -2.34. The minimum atomic E-state index is -1.15. The van der Waals surface area contributed by atoms with Crippen molar-refractivity contribution in [3.05, 3.63) is 71.8 Å². The summed E-state index contributed by atoms with van der Waals surface area (Å²) in [5, 5.41) is 8.73. The SMILES string of the molecule is C#CCCC(=O)OCN(C(=O)CN1CCOCC1)[C@@H](CCc1ccccc1)C(=O)N[C@@H](CC(C)C)C(=O)N[C@@H](Cc1ccccc1)C(=O)N[C@@H](CC(C)C)C(=O)[C@@]1(C)CO1. The molecule has 0 aliphatic carbocycles. The molecule has 4 rings (SSSR count). The van der Waals surface area contributed by atoms with Gasteiger partial charge in [0.05, 0.1) is 38.8 Å². The van der Waals surface area contributed by atoms with Gasteiger partial charge in [-0.15, -0.1) is 12.3 Å². The van der Waals surface area contributed by atoms with E-state index in [1.807, 2.05) is 93.3 Å². The number of aryl methyl sites for hydroxylation is 1. The van der Waals surface area contributed by atoms with Crippen LogP contribution in [0.3, 0.4) is 0 Å². The Morgan fingerprint density at radius 2 is 1.37 bits per heavy atom. The second-order valence-corrected chi connectivity index (χ2v) is 16.7. The Hall–Kier alpha value is -5.10. The van der Waals surface area contributed by atoms with E-state index in [2.05, 4.69) is 21.9 Å². The summed E-state index contributed by atoms with van der Waals surface area (Å²) in [6, 6.07) is 14.5. The second kappa shape index (κ2) is 23.6. The number of amides is 4. The summed E-state index contributed by atoms with van der Waals surface area (Å²) in [5.41, 5.74) is 0.732. The highest BCUT2D eigenvalue weighted by molar-refractivity contribution is 5.99. The Balaban J connectivity index is 1.63. The minimum absolute atomic E-state index is 0.0435. The molecule has 60 heavy (non-hydrogen) atoms. The molecule has 14 nitrogen and oxygen atoms in total. The minimum Gasteiger partial charge on any atom is -0.444 e. The maximum atomic E-state index is 14.6. The van der Waals surface area contributed by atoms with Crippen LogP contribution in [0.4, 0.5) is 0 Å². The largest absolute Gasteiger partial charge is 0.444 e. The average Bonchev–Trinajstić information content (AvgIpc) is 3.98. The first kappa shape index (κ1) is 47.6. The van der Waals surface area contributed by atoms with Gasteiger partial charge in [-0.3, -0.25) is 38.6 Å². The van der Waals surface area contributed by atoms with E-state index in [4.69, 9.17) is 20.6 Å². The molecule has 2 aliphatic rings. The molecule has 5 atom stereocenters. The van der Waals surface area contributed by atoms with Crippen LogP contribution in [0.1, 0.15) is 77.8 Å². The molecule has 2 fully saturated rings. The van der Waals surface area contributed by atoms with Gasteiger partial charge in [0.1, 0.15) is 23.7 Å². The van der Waals surface area contributed by atoms with Crippen molar-refractivity contribution in [1.82, 2.24) is 25.8 Å². The summed E-state index contributed by atoms with van der Waals surface area (Å²) < 4.78 is 16.4. The smallest absolute Gasteiger partial charge is 0.308 e. The predicted octanol–water partition coefficient (Wildman–Crippen LogP) is 3.21. The van der Waals surface area contributed by atoms with Crippen LogP contribution in [0.5, 0.6) is 0 Å². The zero-order chi connectivity index (χ0) is 43.7. The number of hydrogen-bond acceptors (Lipinski definition) is 10. The average molecular weight is 830 g/mol. The summed E-state index contributed by atoms with van der Waals surface area (Å²) in [4.78, 5) is 86.6. The van der Waals surface area contributed by atoms with Crippen molar-refractivity contribution >= 4 is 35.4 Å². The maximum Gasteiger partial charge on any atom is 0.308 e. The Morgan fingerprint density at radius 3 is 1.95 bits per heavy atom. The standard InChI is InChI=1S/C46H63N5O9/c1-7-8-19-41(53)59-31-51(40(52)29-50-22-24-58-25-23-50)39(21-20-34-15-11-9-12-16-34)45(57)49-37(27-33(4)5)43(55)48-38(28-35-17-13-10-14-18-35)44(56)47-36(26-32(2)3)42(54)46(6)30-60-46/h1,9-18,32-33,36-39H,8,19-31H2,2-6H3,(H,47,56)(H,48,55)(H,49,57)/t36-,37-,38-,39-,46+/m0/s1. The van der Waals surface area contributed by atoms with Crippen LogP contribution in [0.15, 0.2) is 60.7 Å². The number of nitrogens with zero attached hydrogens (tertiary/aromatic N) is 2. The zero-order valence-corrected chi connectivity index (χ0v) is 35.8. The van der Waals surface area contributed by atoms with Gasteiger partial charge in [-0.25, -0.2) is 0 Å². The van der Waals surface area contributed by atoms with Gasteiger partial charge in [0.25, 0.3) is 0 Å². The van der Waals surface area contributed by atoms with Crippen LogP contribution in [-0.2, 0) is 55.8 Å². The molecule has 0 radical (unpaired) electrons. The Labute approximate surface area is 354 Å². The fourth-order valence-corrected chi connectivity index (χ4v) is 7.04. The van der Waals surface area contributed by atoms with Gasteiger partial charge in [0, 0.05) is 25.9 Å². The van der Waals surface area contributed by atoms with E-state index in [0.29, 0.717) is 39.1 Å². The normalized spacial score (nSPS) is 18.3. The lowest BCUT2D eigenvalue weighted by Crippen LogP contribution is -2.60. The molecule has 3 N–H and O–H groups in total. The van der Waals surface area contributed by atoms with Gasteiger partial charge in [-0.05, 0) is 55.6 Å². The number of morpholine rings is 1. The van der Waals surface area contributed by atoms with Gasteiger partial charge >= 0.3 is 5.97 Å². The number of ether oxygens (including phenoxy) is 3. The fourth-order valence-electron chi connectivity index (χ4n) is 7.04. The number of rotatable bonds is 24. The highest BCUT2D eigenvalue weighted by Gasteiger charge is 2.50. The molecule has 0 saturated carbocycles. The molecule has 2 saturated heterocycles. The van der Waals surface area contributed by atoms with E-state index >= 15 is 0 Å². The molecule has 0 spiro atoms. The van der Waals surface area contributed by atoms with E-state index < -0.39 is 66.1 Å². The zero-order valence-electron chi connectivity index (χ0n) is 35.8. The number of esters is 1. The first-order chi connectivity index (χ1) is 28.7. The molecule has 14 heteroatoms. The number of Topliss-reactive ketones (excluding diaryl/α,β-unsaturated/α-hetero) is 1. The molecule has 0 bridgehead atoms. The van der Waals surface area contributed by atoms with E-state index in [1.165, 1.54) is 4.90 Å². The summed E-state index contributed by atoms with van der Waals surface area (Å²) in [5.74, 6) is -0.635. The molecule has 0 unspecified atom stereocenters. The third-order valence-electron chi connectivity index (χ3n) is 10.5. The van der Waals surface area contributed by atoms with E-state index in [-0.39, 0.29) is 62.9 Å². The van der Waals surface area contributed by atoms with Gasteiger partial charge in [0.15, 0.2) is 12.5 Å². The molecular weight excluding hydrogens is 767 g/mol. The van der Waals surface area contributed by atoms with Crippen molar-refractivity contribution in [2.45, 2.75) is 109 Å². The highest BCUT2D eigenvalue weighted by atomic mass is 16.6. The number of ketones is 1. The van der Waals surface area contributed by atoms with Crippen molar-refractivity contribution in [1.29, 1.82) is 0 Å². The third-order valence-corrected chi connectivity index (χ3v) is 10.5. The van der Waals surface area contributed by atoms with Crippen LogP contribution in [0, 0.1) is 24.2 Å². The number of terminal acetylenes is 1. The second-order valence-electron chi connectivity index (χ2n) is 16.7. The molecule has 2 aliphatic heterocycles. The van der Waals surface area contributed by atoms with Crippen LogP contribution >= 0.6 is 0 Å². The molecular formula is C46H63N5O9. The lowest BCUT2D eigenvalue weighted by atomic mass is 9.93. The summed E-state index contributed by atoms with van der Waals surface area (Å²) in [7, 11) is 0. The summed E-state index contributed by atoms with van der Waals surface area (Å²) in [6.07, 6.45) is 6.70. The predicted molar refractivity (Wildman–Crippen MR) is 226 cm³/mol. The topological polar surface area (TPSA) is 176 Å².